The first-order valence-electron chi connectivity index (χ1n) is 7.37. The van der Waals surface area contributed by atoms with Gasteiger partial charge in [-0.2, -0.15) is 0 Å². The third kappa shape index (κ3) is 3.45. The molecule has 0 bridgehead atoms. The smallest absolute Gasteiger partial charge is 0.223 e. The van der Waals surface area contributed by atoms with E-state index in [2.05, 4.69) is 5.32 Å². The van der Waals surface area contributed by atoms with Gasteiger partial charge in [-0.15, -0.1) is 0 Å². The fourth-order valence-electron chi connectivity index (χ4n) is 3.38. The molecule has 0 heterocycles. The minimum Gasteiger partial charge on any atom is -0.396 e. The third-order valence-corrected chi connectivity index (χ3v) is 4.56. The highest BCUT2D eigenvalue weighted by atomic mass is 16.3. The molecule has 0 radical (unpaired) electrons. The van der Waals surface area contributed by atoms with Crippen LogP contribution in [-0.4, -0.2) is 29.7 Å². The van der Waals surface area contributed by atoms with Crippen LogP contribution in [0.4, 0.5) is 0 Å². The Morgan fingerprint density at radius 3 is 2.67 bits per heavy atom. The van der Waals surface area contributed by atoms with E-state index in [1.165, 1.54) is 6.42 Å². The van der Waals surface area contributed by atoms with E-state index in [9.17, 15) is 9.90 Å². The van der Waals surface area contributed by atoms with Gasteiger partial charge in [-0.05, 0) is 32.1 Å². The Hall–Kier alpha value is -0.610. The molecule has 2 rings (SSSR count). The van der Waals surface area contributed by atoms with Crippen molar-refractivity contribution in [3.63, 3.8) is 0 Å². The van der Waals surface area contributed by atoms with E-state index in [0.29, 0.717) is 0 Å². The Balaban J connectivity index is 1.85. The molecule has 4 unspecified atom stereocenters. The van der Waals surface area contributed by atoms with E-state index in [4.69, 9.17) is 5.73 Å². The predicted octanol–water partition coefficient (Wildman–Crippen LogP) is 1.17. The maximum Gasteiger partial charge on any atom is 0.223 e. The van der Waals surface area contributed by atoms with Crippen LogP contribution in [-0.2, 0) is 4.79 Å². The van der Waals surface area contributed by atoms with Crippen molar-refractivity contribution in [1.82, 2.24) is 5.32 Å². The Morgan fingerprint density at radius 2 is 1.94 bits per heavy atom. The van der Waals surface area contributed by atoms with Crippen molar-refractivity contribution in [3.8, 4) is 0 Å². The quantitative estimate of drug-likeness (QED) is 0.707. The molecule has 4 N–H and O–H groups in total. The minimum atomic E-state index is 0.0926. The van der Waals surface area contributed by atoms with E-state index in [1.807, 2.05) is 0 Å². The van der Waals surface area contributed by atoms with Crippen molar-refractivity contribution in [2.45, 2.75) is 63.5 Å². The van der Waals surface area contributed by atoms with Crippen LogP contribution in [0.2, 0.25) is 0 Å². The van der Waals surface area contributed by atoms with Crippen molar-refractivity contribution < 1.29 is 9.90 Å². The molecule has 0 aromatic rings. The number of amides is 1. The van der Waals surface area contributed by atoms with E-state index in [1.54, 1.807) is 0 Å². The molecule has 2 aliphatic rings. The van der Waals surface area contributed by atoms with Gasteiger partial charge in [-0.3, -0.25) is 4.79 Å². The number of nitrogens with one attached hydrogen (secondary N) is 1. The molecule has 0 saturated heterocycles. The lowest BCUT2D eigenvalue weighted by Gasteiger charge is -2.33. The highest BCUT2D eigenvalue weighted by Gasteiger charge is 2.30. The molecule has 2 saturated carbocycles. The summed E-state index contributed by atoms with van der Waals surface area (Å²) < 4.78 is 0. The van der Waals surface area contributed by atoms with Crippen LogP contribution in [0.15, 0.2) is 0 Å². The lowest BCUT2D eigenvalue weighted by atomic mass is 9.82. The van der Waals surface area contributed by atoms with Crippen LogP contribution < -0.4 is 11.1 Å². The molecule has 0 aliphatic heterocycles. The predicted molar refractivity (Wildman–Crippen MR) is 70.9 cm³/mol. The number of carbonyl (C=O) groups is 1. The number of hydrogen-bond donors (Lipinski definition) is 3. The first kappa shape index (κ1) is 13.8. The summed E-state index contributed by atoms with van der Waals surface area (Å²) in [5.41, 5.74) is 5.93. The topological polar surface area (TPSA) is 75.4 Å². The molecule has 0 spiro atoms. The maximum atomic E-state index is 12.2. The number of aliphatic hydroxyl groups excluding tert-OH is 1. The van der Waals surface area contributed by atoms with Crippen molar-refractivity contribution in [1.29, 1.82) is 0 Å². The summed E-state index contributed by atoms with van der Waals surface area (Å²) in [4.78, 5) is 12.2. The Labute approximate surface area is 109 Å². The highest BCUT2D eigenvalue weighted by molar-refractivity contribution is 5.79. The van der Waals surface area contributed by atoms with Crippen molar-refractivity contribution >= 4 is 5.91 Å². The van der Waals surface area contributed by atoms with Crippen LogP contribution in [0.3, 0.4) is 0 Å². The van der Waals surface area contributed by atoms with Gasteiger partial charge in [0.1, 0.15) is 0 Å². The van der Waals surface area contributed by atoms with Gasteiger partial charge < -0.3 is 16.2 Å². The second-order valence-electron chi connectivity index (χ2n) is 5.97. The third-order valence-electron chi connectivity index (χ3n) is 4.56. The molecule has 4 heteroatoms. The zero-order chi connectivity index (χ0) is 13.0. The van der Waals surface area contributed by atoms with Crippen molar-refractivity contribution in [2.75, 3.05) is 6.61 Å². The van der Waals surface area contributed by atoms with E-state index in [-0.39, 0.29) is 36.4 Å². The molecule has 0 aromatic carbocycles. The average molecular weight is 254 g/mol. The van der Waals surface area contributed by atoms with Gasteiger partial charge in [0.25, 0.3) is 0 Å². The monoisotopic (exact) mass is 254 g/mol. The number of nitrogens with two attached hydrogens (primary N) is 1. The zero-order valence-corrected chi connectivity index (χ0v) is 11.1. The van der Waals surface area contributed by atoms with Gasteiger partial charge in [-0.25, -0.2) is 0 Å². The van der Waals surface area contributed by atoms with Gasteiger partial charge in [-0.1, -0.05) is 19.3 Å². The second-order valence-corrected chi connectivity index (χ2v) is 5.97. The van der Waals surface area contributed by atoms with Crippen LogP contribution in [0.1, 0.15) is 51.4 Å². The molecule has 104 valence electrons. The lowest BCUT2D eigenvalue weighted by molar-refractivity contribution is -0.127. The average Bonchev–Trinajstić information content (AvgIpc) is 2.39. The summed E-state index contributed by atoms with van der Waals surface area (Å²) in [5.74, 6) is 0.505. The molecule has 18 heavy (non-hydrogen) atoms. The molecule has 1 amide bonds. The second kappa shape index (κ2) is 6.53. The Kier molecular flexibility index (Phi) is 5.01. The first-order valence-corrected chi connectivity index (χ1v) is 7.37. The van der Waals surface area contributed by atoms with Gasteiger partial charge in [0.05, 0.1) is 0 Å². The fourth-order valence-corrected chi connectivity index (χ4v) is 3.38. The summed E-state index contributed by atoms with van der Waals surface area (Å²) in [7, 11) is 0. The fraction of sp³-hybridized carbons (Fsp3) is 0.929. The highest BCUT2D eigenvalue weighted by Crippen LogP contribution is 2.27. The van der Waals surface area contributed by atoms with Crippen molar-refractivity contribution in [2.24, 2.45) is 17.6 Å². The Morgan fingerprint density at radius 1 is 1.17 bits per heavy atom. The van der Waals surface area contributed by atoms with Crippen LogP contribution in [0, 0.1) is 11.8 Å². The van der Waals surface area contributed by atoms with Gasteiger partial charge in [0.15, 0.2) is 0 Å². The molecule has 4 nitrogen and oxygen atoms in total. The summed E-state index contributed by atoms with van der Waals surface area (Å²) >= 11 is 0. The summed E-state index contributed by atoms with van der Waals surface area (Å²) in [6.07, 6.45) is 8.27. The SMILES string of the molecule is NC1CCCC(C(=O)NC2CCCCC2CO)C1. The Bertz CT molecular complexity index is 283. The van der Waals surface area contributed by atoms with Gasteiger partial charge >= 0.3 is 0 Å². The summed E-state index contributed by atoms with van der Waals surface area (Å²) in [6.45, 7) is 0.190. The summed E-state index contributed by atoms with van der Waals surface area (Å²) in [6, 6.07) is 0.365. The van der Waals surface area contributed by atoms with Crippen LogP contribution >= 0.6 is 0 Å². The van der Waals surface area contributed by atoms with E-state index in [0.717, 1.165) is 44.9 Å². The molecular weight excluding hydrogens is 228 g/mol. The molecule has 2 aliphatic carbocycles. The number of aliphatic hydroxyl groups is 1. The van der Waals surface area contributed by atoms with E-state index < -0.39 is 0 Å². The standard InChI is InChI=1S/C14H26N2O2/c15-12-6-3-5-10(8-12)14(18)16-13-7-2-1-4-11(13)9-17/h10-13,17H,1-9,15H2,(H,16,18). The van der Waals surface area contributed by atoms with Crippen LogP contribution in [0.5, 0.6) is 0 Å². The first-order chi connectivity index (χ1) is 8.70. The normalized spacial score (nSPS) is 37.2. The zero-order valence-electron chi connectivity index (χ0n) is 11.1. The number of carbonyl (C=O) groups excluding carboxylic acids is 1. The lowest BCUT2D eigenvalue weighted by Crippen LogP contribution is -2.47. The van der Waals surface area contributed by atoms with Gasteiger partial charge in [0.2, 0.25) is 5.91 Å². The number of rotatable bonds is 3. The van der Waals surface area contributed by atoms with E-state index >= 15 is 0 Å². The maximum absolute atomic E-state index is 12.2. The molecular formula is C14H26N2O2. The van der Waals surface area contributed by atoms with Gasteiger partial charge in [0, 0.05) is 30.5 Å². The largest absolute Gasteiger partial charge is 0.396 e. The minimum absolute atomic E-state index is 0.0926. The van der Waals surface area contributed by atoms with Crippen molar-refractivity contribution in [3.05, 3.63) is 0 Å². The molecule has 4 atom stereocenters. The van der Waals surface area contributed by atoms with Crippen LogP contribution in [0.25, 0.3) is 0 Å². The summed E-state index contributed by atoms with van der Waals surface area (Å²) in [5, 5.41) is 12.5. The number of hydrogen-bond acceptors (Lipinski definition) is 3. The molecule has 0 aromatic heterocycles. The molecule has 2 fully saturated rings.